The molecule has 19 heavy (non-hydrogen) atoms. The average Bonchev–Trinajstić information content (AvgIpc) is 2.19. The number of rotatable bonds is 5. The van der Waals surface area contributed by atoms with Crippen LogP contribution in [0.3, 0.4) is 0 Å². The molecular weight excluding hydrogens is 452 g/mol. The zero-order valence-corrected chi connectivity index (χ0v) is 14.0. The fraction of sp³-hybridized carbons (Fsp3) is 0.700. The molecule has 0 aromatic carbocycles. The quantitative estimate of drug-likeness (QED) is 0.475. The molecule has 0 spiro atoms. The van der Waals surface area contributed by atoms with Crippen molar-refractivity contribution in [3.8, 4) is 0 Å². The van der Waals surface area contributed by atoms with Crippen LogP contribution in [0.5, 0.6) is 0 Å². The van der Waals surface area contributed by atoms with Crippen molar-refractivity contribution in [2.24, 2.45) is 0 Å². The van der Waals surface area contributed by atoms with Crippen LogP contribution in [0.4, 0.5) is 4.79 Å². The third-order valence-corrected chi connectivity index (χ3v) is 1.92. The number of hydrogen-bond donors (Lipinski definition) is 3. The molecule has 7 nitrogen and oxygen atoms in total. The first-order valence-electron chi connectivity index (χ1n) is 5.23. The minimum atomic E-state index is -1.18. The number of amides is 2. The normalized spacial score (nSPS) is 11.8. The minimum absolute atomic E-state index is 0. The van der Waals surface area contributed by atoms with Crippen LogP contribution in [0.1, 0.15) is 20.8 Å². The molecule has 0 heterocycles. The van der Waals surface area contributed by atoms with E-state index in [0.717, 1.165) is 0 Å². The molecule has 0 aromatic rings. The van der Waals surface area contributed by atoms with Crippen LogP contribution in [0, 0.1) is 0 Å². The molecule has 0 saturated carbocycles. The Balaban J connectivity index is 0. The largest absolute Gasteiger partial charge is 0.790 e. The van der Waals surface area contributed by atoms with E-state index in [0.29, 0.717) is 0 Å². The van der Waals surface area contributed by atoms with Crippen molar-refractivity contribution >= 4 is 30.6 Å². The summed E-state index contributed by atoms with van der Waals surface area (Å²) in [6, 6.07) is -0.991. The Morgan fingerprint density at radius 3 is 2.21 bits per heavy atom. The standard InChI is InChI=1S/C10H18N2O5S.Ir/c1-10(2,3)17-9(16)12-6(5-18)8(15)11-4-7(13)14;/h6,18H,4-5H2,1-3H3,(H,11,15)(H,12,16)(H,13,14);/p-1. The van der Waals surface area contributed by atoms with Gasteiger partial charge >= 0.3 is 12.1 Å². The first-order valence-corrected chi connectivity index (χ1v) is 5.80. The third kappa shape index (κ3) is 10.8. The van der Waals surface area contributed by atoms with Crippen LogP contribution in [0.25, 0.3) is 0 Å². The Kier molecular flexibility index (Phi) is 9.90. The Morgan fingerprint density at radius 2 is 1.84 bits per heavy atom. The van der Waals surface area contributed by atoms with E-state index in [1.54, 1.807) is 20.8 Å². The van der Waals surface area contributed by atoms with Gasteiger partial charge in [0.15, 0.2) is 0 Å². The van der Waals surface area contributed by atoms with E-state index in [-0.39, 0.29) is 25.9 Å². The molecule has 3 N–H and O–H groups in total. The van der Waals surface area contributed by atoms with Gasteiger partial charge in [0.05, 0.1) is 6.04 Å². The van der Waals surface area contributed by atoms with Gasteiger partial charge in [0.2, 0.25) is 5.91 Å². The molecule has 0 aliphatic carbocycles. The predicted molar refractivity (Wildman–Crippen MR) is 66.0 cm³/mol. The Morgan fingerprint density at radius 1 is 1.32 bits per heavy atom. The fourth-order valence-corrected chi connectivity index (χ4v) is 1.15. The summed E-state index contributed by atoms with van der Waals surface area (Å²) in [5, 5.41) is 12.8. The summed E-state index contributed by atoms with van der Waals surface area (Å²) in [6.45, 7) is 4.51. The smallest absolute Gasteiger partial charge is 0.408 e. The summed E-state index contributed by atoms with van der Waals surface area (Å²) < 4.78 is 4.95. The van der Waals surface area contributed by atoms with Crippen molar-refractivity contribution in [1.82, 2.24) is 10.6 Å². The Hall–Kier alpha value is -0.791. The molecule has 0 bridgehead atoms. The van der Waals surface area contributed by atoms with Gasteiger partial charge in [-0.25, -0.2) is 4.79 Å². The molecule has 0 aliphatic rings. The number of carbonyl (C=O) groups is 3. The second kappa shape index (κ2) is 9.17. The van der Waals surface area contributed by atoms with Gasteiger partial charge in [-0.15, -0.1) is 5.75 Å². The van der Waals surface area contributed by atoms with E-state index in [2.05, 4.69) is 10.6 Å². The molecule has 1 unspecified atom stereocenters. The number of aliphatic carboxylic acids is 1. The number of carboxylic acids is 1. The molecule has 1 atom stereocenters. The molecular formula is C10H17IrN2O5S-. The van der Waals surface area contributed by atoms with E-state index in [1.807, 2.05) is 0 Å². The van der Waals surface area contributed by atoms with Crippen molar-refractivity contribution in [2.75, 3.05) is 12.3 Å². The van der Waals surface area contributed by atoms with Crippen molar-refractivity contribution in [1.29, 1.82) is 0 Å². The van der Waals surface area contributed by atoms with Crippen molar-refractivity contribution < 1.29 is 44.3 Å². The number of ether oxygens (including phenoxy) is 1. The van der Waals surface area contributed by atoms with Gasteiger partial charge in [0.1, 0.15) is 12.1 Å². The van der Waals surface area contributed by atoms with E-state index in [9.17, 15) is 14.4 Å². The Labute approximate surface area is 130 Å². The monoisotopic (exact) mass is 470 g/mol. The maximum Gasteiger partial charge on any atom is 0.408 e. The van der Waals surface area contributed by atoms with Crippen LogP contribution in [-0.2, 0) is 47.1 Å². The fourth-order valence-electron chi connectivity index (χ4n) is 0.919. The molecule has 0 rings (SSSR count). The number of hydrogen-bond acceptors (Lipinski definition) is 5. The number of carbonyl (C=O) groups excluding carboxylic acids is 2. The maximum atomic E-state index is 11.5. The van der Waals surface area contributed by atoms with Crippen LogP contribution in [-0.4, -0.2) is 47.0 Å². The zero-order chi connectivity index (χ0) is 14.3. The SMILES string of the molecule is CC(C)(C)OC(=O)NC(C[S-])C(=O)NCC(=O)O.[Ir]. The predicted octanol–water partition coefficient (Wildman–Crippen LogP) is -0.375. The molecule has 113 valence electrons. The van der Waals surface area contributed by atoms with Crippen molar-refractivity contribution in [3.63, 3.8) is 0 Å². The van der Waals surface area contributed by atoms with Gasteiger partial charge in [-0.3, -0.25) is 9.59 Å². The Bertz CT molecular complexity index is 332. The first-order chi connectivity index (χ1) is 8.15. The van der Waals surface area contributed by atoms with Crippen molar-refractivity contribution in [3.05, 3.63) is 0 Å². The molecule has 0 aliphatic heterocycles. The number of carboxylic acid groups (broad SMARTS) is 1. The van der Waals surface area contributed by atoms with Gasteiger partial charge in [-0.1, -0.05) is 0 Å². The van der Waals surface area contributed by atoms with E-state index >= 15 is 0 Å². The van der Waals surface area contributed by atoms with Gasteiger partial charge in [0, 0.05) is 20.1 Å². The van der Waals surface area contributed by atoms with E-state index in [4.69, 9.17) is 22.5 Å². The van der Waals surface area contributed by atoms with E-state index < -0.39 is 36.2 Å². The second-order valence-corrected chi connectivity index (χ2v) is 4.81. The maximum absolute atomic E-state index is 11.5. The second-order valence-electron chi connectivity index (χ2n) is 4.48. The third-order valence-electron chi connectivity index (χ3n) is 1.59. The molecule has 0 fully saturated rings. The molecule has 9 heteroatoms. The first kappa shape index (κ1) is 20.5. The topological polar surface area (TPSA) is 105 Å². The summed E-state index contributed by atoms with van der Waals surface area (Å²) in [6.07, 6.45) is -0.775. The minimum Gasteiger partial charge on any atom is -0.790 e. The van der Waals surface area contributed by atoms with Gasteiger partial charge < -0.3 is 33.1 Å². The summed E-state index contributed by atoms with van der Waals surface area (Å²) in [5.41, 5.74) is -0.687. The zero-order valence-electron chi connectivity index (χ0n) is 10.8. The van der Waals surface area contributed by atoms with Gasteiger partial charge in [-0.2, -0.15) is 0 Å². The average molecular weight is 470 g/mol. The number of nitrogens with one attached hydrogen (secondary N) is 2. The van der Waals surface area contributed by atoms with Crippen LogP contribution >= 0.6 is 0 Å². The molecule has 1 radical (unpaired) electrons. The van der Waals surface area contributed by atoms with Crippen LogP contribution in [0.2, 0.25) is 0 Å². The summed E-state index contributed by atoms with van der Waals surface area (Å²) in [5.74, 6) is -1.91. The van der Waals surface area contributed by atoms with E-state index in [1.165, 1.54) is 0 Å². The number of alkyl carbamates (subject to hydrolysis) is 1. The summed E-state index contributed by atoms with van der Waals surface area (Å²) >= 11 is 4.71. The van der Waals surface area contributed by atoms with Crippen LogP contribution in [0.15, 0.2) is 0 Å². The summed E-state index contributed by atoms with van der Waals surface area (Å²) in [7, 11) is 0. The van der Waals surface area contributed by atoms with Crippen LogP contribution < -0.4 is 10.6 Å². The van der Waals surface area contributed by atoms with Crippen molar-refractivity contribution in [2.45, 2.75) is 32.4 Å². The van der Waals surface area contributed by atoms with Gasteiger partial charge in [0.25, 0.3) is 0 Å². The molecule has 0 aromatic heterocycles. The molecule has 0 saturated heterocycles. The molecule has 2 amide bonds. The summed E-state index contributed by atoms with van der Waals surface area (Å²) in [4.78, 5) is 33.1. The van der Waals surface area contributed by atoms with Gasteiger partial charge in [-0.05, 0) is 20.8 Å².